The Kier molecular flexibility index (Phi) is 4.13. The van der Waals surface area contributed by atoms with Gasteiger partial charge >= 0.3 is 0 Å². The van der Waals surface area contributed by atoms with Gasteiger partial charge in [-0.25, -0.2) is 0 Å². The average molecular weight is 286 g/mol. The highest BCUT2D eigenvalue weighted by atomic mass is 16.6. The van der Waals surface area contributed by atoms with Crippen molar-refractivity contribution in [2.75, 3.05) is 0 Å². The van der Waals surface area contributed by atoms with E-state index in [1.807, 2.05) is 6.92 Å². The van der Waals surface area contributed by atoms with E-state index < -0.39 is 4.92 Å². The molecule has 3 N–H and O–H groups in total. The monoisotopic (exact) mass is 286 g/mol. The summed E-state index contributed by atoms with van der Waals surface area (Å²) in [5.41, 5.74) is 7.31. The number of rotatable bonds is 5. The second-order valence-corrected chi connectivity index (χ2v) is 4.46. The van der Waals surface area contributed by atoms with Gasteiger partial charge in [-0.2, -0.15) is 0 Å². The number of aryl methyl sites for hydroxylation is 1. The van der Waals surface area contributed by atoms with Crippen LogP contribution in [-0.2, 0) is 6.61 Å². The minimum absolute atomic E-state index is 0.0187. The van der Waals surface area contributed by atoms with E-state index in [1.54, 1.807) is 18.2 Å². The number of non-ortho nitro benzene ring substituents is 1. The second-order valence-electron chi connectivity index (χ2n) is 4.46. The third-order valence-corrected chi connectivity index (χ3v) is 2.88. The summed E-state index contributed by atoms with van der Waals surface area (Å²) in [4.78, 5) is 14.3. The third-order valence-electron chi connectivity index (χ3n) is 2.88. The van der Waals surface area contributed by atoms with Crippen LogP contribution in [0.5, 0.6) is 5.75 Å². The Balaban J connectivity index is 2.16. The number of hydrogen-bond donors (Lipinski definition) is 2. The molecule has 0 atom stereocenters. The molecule has 0 aliphatic carbocycles. The molecule has 108 valence electrons. The Morgan fingerprint density at radius 1 is 1.43 bits per heavy atom. The first-order valence-electron chi connectivity index (χ1n) is 6.14. The van der Waals surface area contributed by atoms with Crippen LogP contribution in [0.1, 0.15) is 16.8 Å². The van der Waals surface area contributed by atoms with E-state index in [2.05, 4.69) is 4.98 Å². The Hall–Kier alpha value is -2.96. The molecule has 0 amide bonds. The second kappa shape index (κ2) is 6.00. The summed E-state index contributed by atoms with van der Waals surface area (Å²) >= 11 is 0. The molecule has 0 saturated carbocycles. The molecule has 21 heavy (non-hydrogen) atoms. The van der Waals surface area contributed by atoms with Crippen LogP contribution in [0.25, 0.3) is 0 Å². The Morgan fingerprint density at radius 3 is 2.86 bits per heavy atom. The van der Waals surface area contributed by atoms with Gasteiger partial charge in [0.2, 0.25) is 0 Å². The average Bonchev–Trinajstić information content (AvgIpc) is 2.46. The van der Waals surface area contributed by atoms with Crippen LogP contribution < -0.4 is 10.5 Å². The van der Waals surface area contributed by atoms with Crippen LogP contribution in [0.4, 0.5) is 5.69 Å². The van der Waals surface area contributed by atoms with E-state index in [-0.39, 0.29) is 18.1 Å². The van der Waals surface area contributed by atoms with Crippen LogP contribution in [-0.4, -0.2) is 15.7 Å². The number of pyridine rings is 1. The zero-order chi connectivity index (χ0) is 15.4. The summed E-state index contributed by atoms with van der Waals surface area (Å²) in [7, 11) is 0. The molecule has 0 spiro atoms. The Labute approximate surface area is 121 Å². The normalized spacial score (nSPS) is 10.1. The van der Waals surface area contributed by atoms with Crippen molar-refractivity contribution < 1.29 is 9.66 Å². The summed E-state index contributed by atoms with van der Waals surface area (Å²) in [6.07, 6.45) is 1.54. The zero-order valence-electron chi connectivity index (χ0n) is 11.4. The maximum absolute atomic E-state index is 10.8. The van der Waals surface area contributed by atoms with Gasteiger partial charge in [0, 0.05) is 12.3 Å². The van der Waals surface area contributed by atoms with Gasteiger partial charge in [-0.05, 0) is 36.2 Å². The van der Waals surface area contributed by atoms with E-state index >= 15 is 0 Å². The van der Waals surface area contributed by atoms with Crippen molar-refractivity contribution in [1.29, 1.82) is 5.41 Å². The number of amidine groups is 1. The van der Waals surface area contributed by atoms with Gasteiger partial charge in [0.05, 0.1) is 11.0 Å². The molecule has 1 heterocycles. The number of nitro groups is 1. The first kappa shape index (κ1) is 14.4. The highest BCUT2D eigenvalue weighted by Gasteiger charge is 2.10. The number of nitrogens with two attached hydrogens (primary N) is 1. The lowest BCUT2D eigenvalue weighted by Gasteiger charge is -2.09. The lowest BCUT2D eigenvalue weighted by molar-refractivity contribution is -0.385. The predicted molar refractivity (Wildman–Crippen MR) is 77.4 cm³/mol. The van der Waals surface area contributed by atoms with E-state index in [0.717, 1.165) is 11.1 Å². The molecule has 0 radical (unpaired) electrons. The van der Waals surface area contributed by atoms with Crippen LogP contribution in [0.3, 0.4) is 0 Å². The van der Waals surface area contributed by atoms with E-state index in [4.69, 9.17) is 15.9 Å². The first-order chi connectivity index (χ1) is 9.97. The molecule has 1 aromatic heterocycles. The molecule has 2 rings (SSSR count). The summed E-state index contributed by atoms with van der Waals surface area (Å²) in [6, 6.07) is 7.85. The van der Waals surface area contributed by atoms with Gasteiger partial charge in [0.25, 0.3) is 5.69 Å². The van der Waals surface area contributed by atoms with Gasteiger partial charge in [-0.1, -0.05) is 0 Å². The smallest absolute Gasteiger partial charge is 0.273 e. The lowest BCUT2D eigenvalue weighted by Crippen LogP contribution is -2.13. The molecular formula is C14H14N4O3. The molecule has 2 aromatic rings. The number of nitrogens with zero attached hydrogens (tertiary/aromatic N) is 2. The van der Waals surface area contributed by atoms with Crippen molar-refractivity contribution in [2.24, 2.45) is 5.73 Å². The number of nitrogen functional groups attached to an aromatic ring is 1. The molecule has 1 aromatic carbocycles. The predicted octanol–water partition coefficient (Wildman–Crippen LogP) is 2.16. The molecule has 7 nitrogen and oxygen atoms in total. The molecule has 0 aliphatic rings. The van der Waals surface area contributed by atoms with Crippen LogP contribution in [0.15, 0.2) is 36.5 Å². The van der Waals surface area contributed by atoms with Gasteiger partial charge in [-0.15, -0.1) is 0 Å². The lowest BCUT2D eigenvalue weighted by atomic mass is 10.2. The maximum atomic E-state index is 10.8. The van der Waals surface area contributed by atoms with Crippen LogP contribution in [0.2, 0.25) is 0 Å². The fourth-order valence-electron chi connectivity index (χ4n) is 1.73. The van der Waals surface area contributed by atoms with Crippen molar-refractivity contribution in [1.82, 2.24) is 4.98 Å². The van der Waals surface area contributed by atoms with Crippen LogP contribution >= 0.6 is 0 Å². The number of ether oxygens (including phenoxy) is 1. The van der Waals surface area contributed by atoms with Gasteiger partial charge in [-0.3, -0.25) is 20.5 Å². The van der Waals surface area contributed by atoms with Gasteiger partial charge in [0.15, 0.2) is 0 Å². The van der Waals surface area contributed by atoms with Crippen LogP contribution in [0, 0.1) is 22.4 Å². The molecule has 0 saturated heterocycles. The fraction of sp³-hybridized carbons (Fsp3) is 0.143. The molecular weight excluding hydrogens is 272 g/mol. The molecule has 0 unspecified atom stereocenters. The minimum atomic E-state index is -0.466. The summed E-state index contributed by atoms with van der Waals surface area (Å²) in [5.74, 6) is 0.328. The maximum Gasteiger partial charge on any atom is 0.273 e. The van der Waals surface area contributed by atoms with E-state index in [9.17, 15) is 10.1 Å². The Bertz CT molecular complexity index is 700. The number of nitrogens with one attached hydrogen (secondary N) is 1. The number of hydrogen-bond acceptors (Lipinski definition) is 5. The standard InChI is InChI=1S/C14H14N4O3/c1-9-2-3-11(18(19)20)7-13(9)21-8-10-4-5-17-12(6-10)14(15)16/h2-7H,8H2,1H3,(H3,15,16). The molecule has 0 aliphatic heterocycles. The zero-order valence-corrected chi connectivity index (χ0v) is 11.4. The van der Waals surface area contributed by atoms with Gasteiger partial charge in [0.1, 0.15) is 23.9 Å². The fourth-order valence-corrected chi connectivity index (χ4v) is 1.73. The van der Waals surface area contributed by atoms with Gasteiger partial charge < -0.3 is 10.5 Å². The Morgan fingerprint density at radius 2 is 2.19 bits per heavy atom. The quantitative estimate of drug-likeness (QED) is 0.378. The first-order valence-corrected chi connectivity index (χ1v) is 6.14. The summed E-state index contributed by atoms with van der Waals surface area (Å²) in [6.45, 7) is 2.03. The largest absolute Gasteiger partial charge is 0.488 e. The van der Waals surface area contributed by atoms with Crippen molar-refractivity contribution in [3.63, 3.8) is 0 Å². The minimum Gasteiger partial charge on any atom is -0.488 e. The topological polar surface area (TPSA) is 115 Å². The summed E-state index contributed by atoms with van der Waals surface area (Å²) in [5, 5.41) is 18.1. The van der Waals surface area contributed by atoms with Crippen molar-refractivity contribution in [3.8, 4) is 5.75 Å². The van der Waals surface area contributed by atoms with E-state index in [0.29, 0.717) is 11.4 Å². The van der Waals surface area contributed by atoms with Crippen molar-refractivity contribution in [3.05, 3.63) is 63.5 Å². The highest BCUT2D eigenvalue weighted by molar-refractivity contribution is 5.93. The highest BCUT2D eigenvalue weighted by Crippen LogP contribution is 2.24. The van der Waals surface area contributed by atoms with Crippen molar-refractivity contribution in [2.45, 2.75) is 13.5 Å². The van der Waals surface area contributed by atoms with E-state index in [1.165, 1.54) is 18.3 Å². The summed E-state index contributed by atoms with van der Waals surface area (Å²) < 4.78 is 5.60. The number of nitro benzene ring substituents is 1. The number of benzene rings is 1. The molecule has 7 heteroatoms. The van der Waals surface area contributed by atoms with Crippen molar-refractivity contribution >= 4 is 11.5 Å². The molecule has 0 bridgehead atoms. The molecule has 0 fully saturated rings. The number of aromatic nitrogens is 1. The third kappa shape index (κ3) is 3.53. The SMILES string of the molecule is Cc1ccc([N+](=O)[O-])cc1OCc1ccnc(C(=N)N)c1.